The molecule has 0 spiro atoms. The molecule has 3 heteroatoms. The first kappa shape index (κ1) is 13.7. The van der Waals surface area contributed by atoms with Crippen molar-refractivity contribution >= 4 is 17.3 Å². The van der Waals surface area contributed by atoms with Crippen LogP contribution in [0.2, 0.25) is 5.02 Å². The Morgan fingerprint density at radius 2 is 1.94 bits per heavy atom. The van der Waals surface area contributed by atoms with Crippen molar-refractivity contribution in [2.45, 2.75) is 58.3 Å². The summed E-state index contributed by atoms with van der Waals surface area (Å²) >= 11 is 6.16. The minimum absolute atomic E-state index is 0.0757. The smallest absolute Gasteiger partial charge is 0.0834 e. The molecule has 1 atom stereocenters. The summed E-state index contributed by atoms with van der Waals surface area (Å²) in [5.74, 6) is 0. The molecule has 100 valence electrons. The molecule has 1 aromatic rings. The highest BCUT2D eigenvalue weighted by Gasteiger charge is 2.45. The van der Waals surface area contributed by atoms with Gasteiger partial charge in [0.1, 0.15) is 0 Å². The molecular weight excluding hydrogens is 246 g/mol. The second kappa shape index (κ2) is 4.43. The molecule has 0 saturated carbocycles. The Bertz CT molecular complexity index is 454. The molecule has 0 aromatic heterocycles. The topological polar surface area (TPSA) is 21.3 Å². The highest BCUT2D eigenvalue weighted by molar-refractivity contribution is 6.31. The van der Waals surface area contributed by atoms with Crippen molar-refractivity contribution in [1.29, 1.82) is 0 Å². The zero-order valence-corrected chi connectivity index (χ0v) is 12.6. The van der Waals surface area contributed by atoms with Crippen molar-refractivity contribution in [2.75, 3.05) is 5.32 Å². The summed E-state index contributed by atoms with van der Waals surface area (Å²) in [6, 6.07) is 6.26. The Morgan fingerprint density at radius 1 is 1.28 bits per heavy atom. The normalized spacial score (nSPS) is 25.1. The van der Waals surface area contributed by atoms with Gasteiger partial charge in [-0.1, -0.05) is 17.7 Å². The van der Waals surface area contributed by atoms with E-state index >= 15 is 0 Å². The third-order valence-corrected chi connectivity index (χ3v) is 4.08. The van der Waals surface area contributed by atoms with Crippen molar-refractivity contribution in [1.82, 2.24) is 0 Å². The maximum Gasteiger partial charge on any atom is 0.0834 e. The first-order valence-electron chi connectivity index (χ1n) is 6.43. The lowest BCUT2D eigenvalue weighted by Crippen LogP contribution is -2.38. The molecule has 0 amide bonds. The molecule has 1 unspecified atom stereocenters. The lowest BCUT2D eigenvalue weighted by molar-refractivity contribution is -0.0662. The van der Waals surface area contributed by atoms with Crippen LogP contribution in [0, 0.1) is 6.92 Å². The van der Waals surface area contributed by atoms with Gasteiger partial charge in [-0.3, -0.25) is 0 Å². The number of nitrogens with one attached hydrogen (secondary N) is 1. The van der Waals surface area contributed by atoms with Gasteiger partial charge in [0.15, 0.2) is 0 Å². The van der Waals surface area contributed by atoms with Gasteiger partial charge < -0.3 is 10.1 Å². The van der Waals surface area contributed by atoms with Gasteiger partial charge in [0, 0.05) is 10.7 Å². The van der Waals surface area contributed by atoms with E-state index in [1.54, 1.807) is 0 Å². The van der Waals surface area contributed by atoms with Gasteiger partial charge in [-0.2, -0.15) is 0 Å². The van der Waals surface area contributed by atoms with Crippen LogP contribution in [0.4, 0.5) is 5.69 Å². The first-order chi connectivity index (χ1) is 8.21. The second-order valence-electron chi connectivity index (χ2n) is 6.28. The molecule has 1 heterocycles. The largest absolute Gasteiger partial charge is 0.379 e. The maximum atomic E-state index is 6.16. The van der Waals surface area contributed by atoms with Crippen LogP contribution in [-0.4, -0.2) is 17.2 Å². The van der Waals surface area contributed by atoms with Crippen LogP contribution in [0.3, 0.4) is 0 Å². The van der Waals surface area contributed by atoms with Crippen LogP contribution in [0.25, 0.3) is 0 Å². The van der Waals surface area contributed by atoms with Crippen molar-refractivity contribution in [3.8, 4) is 0 Å². The number of rotatable bonds is 2. The minimum atomic E-state index is -0.168. The highest BCUT2D eigenvalue weighted by Crippen LogP contribution is 2.39. The second-order valence-corrected chi connectivity index (χ2v) is 6.69. The van der Waals surface area contributed by atoms with E-state index in [1.165, 1.54) is 0 Å². The molecule has 2 nitrogen and oxygen atoms in total. The monoisotopic (exact) mass is 267 g/mol. The highest BCUT2D eigenvalue weighted by atomic mass is 35.5. The SMILES string of the molecule is Cc1c(Cl)cccc1NC1CC(C)(C)OC1(C)C. The van der Waals surface area contributed by atoms with Gasteiger partial charge in [0.25, 0.3) is 0 Å². The summed E-state index contributed by atoms with van der Waals surface area (Å²) in [7, 11) is 0. The van der Waals surface area contributed by atoms with Crippen LogP contribution in [0.1, 0.15) is 39.7 Å². The first-order valence-corrected chi connectivity index (χ1v) is 6.81. The van der Waals surface area contributed by atoms with Crippen LogP contribution in [0.5, 0.6) is 0 Å². The molecule has 0 aliphatic carbocycles. The minimum Gasteiger partial charge on any atom is -0.379 e. The van der Waals surface area contributed by atoms with Crippen molar-refractivity contribution in [3.63, 3.8) is 0 Å². The van der Waals surface area contributed by atoms with Crippen LogP contribution in [0.15, 0.2) is 18.2 Å². The predicted octanol–water partition coefficient (Wildman–Crippen LogP) is 4.41. The Kier molecular flexibility index (Phi) is 3.37. The lowest BCUT2D eigenvalue weighted by atomic mass is 9.94. The van der Waals surface area contributed by atoms with E-state index in [1.807, 2.05) is 19.1 Å². The average molecular weight is 268 g/mol. The molecule has 1 saturated heterocycles. The Balaban J connectivity index is 2.22. The molecule has 2 rings (SSSR count). The van der Waals surface area contributed by atoms with E-state index < -0.39 is 0 Å². The number of hydrogen-bond donors (Lipinski definition) is 1. The zero-order valence-electron chi connectivity index (χ0n) is 11.8. The number of ether oxygens (including phenoxy) is 1. The summed E-state index contributed by atoms with van der Waals surface area (Å²) in [6.45, 7) is 10.6. The van der Waals surface area contributed by atoms with E-state index in [4.69, 9.17) is 16.3 Å². The third-order valence-electron chi connectivity index (χ3n) is 3.67. The van der Waals surface area contributed by atoms with Crippen molar-refractivity contribution in [2.24, 2.45) is 0 Å². The molecule has 1 fully saturated rings. The number of anilines is 1. The molecule has 1 aliphatic heterocycles. The fraction of sp³-hybridized carbons (Fsp3) is 0.600. The lowest BCUT2D eigenvalue weighted by Gasteiger charge is -2.29. The summed E-state index contributed by atoms with van der Waals surface area (Å²) in [5.41, 5.74) is 1.95. The molecule has 0 radical (unpaired) electrons. The zero-order chi connectivity index (χ0) is 13.6. The van der Waals surface area contributed by atoms with E-state index in [9.17, 15) is 0 Å². The number of hydrogen-bond acceptors (Lipinski definition) is 2. The van der Waals surface area contributed by atoms with E-state index in [0.717, 1.165) is 22.7 Å². The summed E-state index contributed by atoms with van der Waals surface area (Å²) in [5, 5.41) is 4.39. The van der Waals surface area contributed by atoms with Crippen LogP contribution >= 0.6 is 11.6 Å². The fourth-order valence-corrected chi connectivity index (χ4v) is 2.91. The summed E-state index contributed by atoms with van der Waals surface area (Å²) < 4.78 is 6.10. The van der Waals surface area contributed by atoms with Crippen LogP contribution < -0.4 is 5.32 Å². The van der Waals surface area contributed by atoms with Crippen molar-refractivity contribution in [3.05, 3.63) is 28.8 Å². The quantitative estimate of drug-likeness (QED) is 0.857. The van der Waals surface area contributed by atoms with E-state index in [2.05, 4.69) is 39.1 Å². The van der Waals surface area contributed by atoms with E-state index in [-0.39, 0.29) is 11.2 Å². The maximum absolute atomic E-state index is 6.16. The third kappa shape index (κ3) is 2.65. The molecule has 0 bridgehead atoms. The van der Waals surface area contributed by atoms with Gasteiger partial charge in [-0.05, 0) is 58.7 Å². The summed E-state index contributed by atoms with van der Waals surface area (Å²) in [4.78, 5) is 0. The molecule has 1 N–H and O–H groups in total. The molecule has 1 aromatic carbocycles. The fourth-order valence-electron chi connectivity index (χ4n) is 2.74. The molecular formula is C15H22ClNO. The average Bonchev–Trinajstić information content (AvgIpc) is 2.42. The number of benzene rings is 1. The Labute approximate surface area is 115 Å². The predicted molar refractivity (Wildman–Crippen MR) is 77.5 cm³/mol. The molecule has 1 aliphatic rings. The van der Waals surface area contributed by atoms with Gasteiger partial charge in [-0.15, -0.1) is 0 Å². The molecule has 18 heavy (non-hydrogen) atoms. The van der Waals surface area contributed by atoms with Gasteiger partial charge in [0.05, 0.1) is 17.2 Å². The van der Waals surface area contributed by atoms with Crippen molar-refractivity contribution < 1.29 is 4.74 Å². The summed E-state index contributed by atoms with van der Waals surface area (Å²) in [6.07, 6.45) is 0.992. The van der Waals surface area contributed by atoms with Gasteiger partial charge >= 0.3 is 0 Å². The number of halogens is 1. The Morgan fingerprint density at radius 3 is 2.50 bits per heavy atom. The van der Waals surface area contributed by atoms with Crippen LogP contribution in [-0.2, 0) is 4.74 Å². The Hall–Kier alpha value is -0.730. The van der Waals surface area contributed by atoms with Gasteiger partial charge in [-0.25, -0.2) is 0 Å². The van der Waals surface area contributed by atoms with Gasteiger partial charge in [0.2, 0.25) is 0 Å². The van der Waals surface area contributed by atoms with E-state index in [0.29, 0.717) is 6.04 Å². The standard InChI is InChI=1S/C15H22ClNO/c1-10-11(16)7-6-8-12(10)17-13-9-14(2,3)18-15(13,4)5/h6-8,13,17H,9H2,1-5H3.